The minimum atomic E-state index is -0.813. The van der Waals surface area contributed by atoms with Gasteiger partial charge in [-0.15, -0.1) is 21.8 Å². The third kappa shape index (κ3) is 5.43. The van der Waals surface area contributed by atoms with Crippen LogP contribution in [0, 0.1) is 5.41 Å². The van der Waals surface area contributed by atoms with Crippen molar-refractivity contribution in [3.63, 3.8) is 0 Å². The van der Waals surface area contributed by atoms with Crippen molar-refractivity contribution in [1.29, 1.82) is 0 Å². The van der Waals surface area contributed by atoms with Gasteiger partial charge in [-0.05, 0) is 37.6 Å². The van der Waals surface area contributed by atoms with E-state index >= 15 is 0 Å². The van der Waals surface area contributed by atoms with Gasteiger partial charge in [-0.1, -0.05) is 41.7 Å². The lowest BCUT2D eigenvalue weighted by Crippen LogP contribution is -2.50. The Morgan fingerprint density at radius 2 is 1.88 bits per heavy atom. The van der Waals surface area contributed by atoms with Crippen LogP contribution in [0.4, 0.5) is 5.13 Å². The van der Waals surface area contributed by atoms with Crippen LogP contribution < -0.4 is 20.1 Å². The zero-order chi connectivity index (χ0) is 23.4. The second kappa shape index (κ2) is 9.76. The zero-order valence-electron chi connectivity index (χ0n) is 18.1. The highest BCUT2D eigenvalue weighted by Gasteiger charge is 2.31. The Kier molecular flexibility index (Phi) is 6.80. The minimum absolute atomic E-state index is 0.133. The molecule has 4 rings (SSSR count). The highest BCUT2D eigenvalue weighted by Crippen LogP contribution is 2.37. The maximum Gasteiger partial charge on any atom is 0.249 e. The minimum Gasteiger partial charge on any atom is -0.454 e. The lowest BCUT2D eigenvalue weighted by Gasteiger charge is -2.25. The number of hydrogen-bond acceptors (Lipinski definition) is 7. The summed E-state index contributed by atoms with van der Waals surface area (Å²) in [6.45, 7) is 3.65. The largest absolute Gasteiger partial charge is 0.454 e. The molecule has 2 aromatic carbocycles. The van der Waals surface area contributed by atoms with Gasteiger partial charge < -0.3 is 14.8 Å². The molecule has 1 unspecified atom stereocenters. The van der Waals surface area contributed by atoms with Crippen molar-refractivity contribution >= 4 is 39.9 Å². The summed E-state index contributed by atoms with van der Waals surface area (Å²) >= 11 is 7.17. The number of ether oxygens (including phenoxy) is 2. The van der Waals surface area contributed by atoms with Crippen molar-refractivity contribution in [3.8, 4) is 22.1 Å². The van der Waals surface area contributed by atoms with E-state index in [0.717, 1.165) is 11.1 Å². The lowest BCUT2D eigenvalue weighted by molar-refractivity contribution is -0.131. The highest BCUT2D eigenvalue weighted by atomic mass is 35.5. The van der Waals surface area contributed by atoms with Gasteiger partial charge in [0.2, 0.25) is 23.7 Å². The molecule has 0 bridgehead atoms. The van der Waals surface area contributed by atoms with Gasteiger partial charge in [0.1, 0.15) is 11.0 Å². The molecule has 8 nitrogen and oxygen atoms in total. The van der Waals surface area contributed by atoms with Crippen molar-refractivity contribution in [2.75, 3.05) is 18.0 Å². The molecular formula is C23H23ClN4O4S. The molecule has 33 heavy (non-hydrogen) atoms. The molecule has 1 atom stereocenters. The predicted molar refractivity (Wildman–Crippen MR) is 127 cm³/mol. The summed E-state index contributed by atoms with van der Waals surface area (Å²) in [6, 6.07) is 14.2. The highest BCUT2D eigenvalue weighted by molar-refractivity contribution is 7.18. The summed E-state index contributed by atoms with van der Waals surface area (Å²) in [5.74, 6) is 0.767. The molecule has 0 spiro atoms. The second-order valence-electron chi connectivity index (χ2n) is 8.20. The number of rotatable bonds is 8. The van der Waals surface area contributed by atoms with Gasteiger partial charge in [0.15, 0.2) is 11.5 Å². The molecule has 10 heteroatoms. The van der Waals surface area contributed by atoms with Crippen LogP contribution in [-0.4, -0.2) is 40.7 Å². The van der Waals surface area contributed by atoms with E-state index < -0.39 is 11.5 Å². The van der Waals surface area contributed by atoms with Crippen LogP contribution in [-0.2, 0) is 16.0 Å². The fraction of sp³-hybridized carbons (Fsp3) is 0.304. The number of amides is 2. The first-order valence-corrected chi connectivity index (χ1v) is 11.7. The quantitative estimate of drug-likeness (QED) is 0.469. The van der Waals surface area contributed by atoms with Crippen LogP contribution in [0.2, 0.25) is 0 Å². The average Bonchev–Trinajstić information content (AvgIpc) is 3.48. The summed E-state index contributed by atoms with van der Waals surface area (Å²) in [5, 5.41) is 14.8. The SMILES string of the molecule is CC(C)(CCl)C(=O)NC(Cc1ccccc1)C(=O)Nc1nnc(-c2ccc3c(c2)OCO3)s1. The van der Waals surface area contributed by atoms with Gasteiger partial charge in [0, 0.05) is 17.9 Å². The molecule has 2 heterocycles. The molecule has 3 aromatic rings. The predicted octanol–water partition coefficient (Wildman–Crippen LogP) is 3.86. The first-order chi connectivity index (χ1) is 15.9. The van der Waals surface area contributed by atoms with Crippen molar-refractivity contribution in [3.05, 3.63) is 54.1 Å². The second-order valence-corrected chi connectivity index (χ2v) is 9.45. The normalized spacial score (nSPS) is 13.4. The van der Waals surface area contributed by atoms with E-state index in [1.54, 1.807) is 19.9 Å². The number of alkyl halides is 1. The topological polar surface area (TPSA) is 102 Å². The molecule has 0 fully saturated rings. The van der Waals surface area contributed by atoms with Crippen molar-refractivity contribution < 1.29 is 19.1 Å². The number of halogens is 1. The average molecular weight is 487 g/mol. The van der Waals surface area contributed by atoms with E-state index in [9.17, 15) is 9.59 Å². The first-order valence-electron chi connectivity index (χ1n) is 10.3. The van der Waals surface area contributed by atoms with E-state index in [-0.39, 0.29) is 24.5 Å². The smallest absolute Gasteiger partial charge is 0.249 e. The molecule has 0 saturated carbocycles. The van der Waals surface area contributed by atoms with Crippen LogP contribution in [0.15, 0.2) is 48.5 Å². The third-order valence-electron chi connectivity index (χ3n) is 5.13. The van der Waals surface area contributed by atoms with Gasteiger partial charge in [-0.25, -0.2) is 0 Å². The standard InChI is InChI=1S/C23H23ClN4O4S/c1-23(2,12-24)21(30)25-16(10-14-6-4-3-5-7-14)19(29)26-22-28-27-20(33-22)15-8-9-17-18(11-15)32-13-31-17/h3-9,11,16H,10,12-13H2,1-2H3,(H,25,30)(H,26,28,29). The Balaban J connectivity index is 1.50. The van der Waals surface area contributed by atoms with E-state index in [1.807, 2.05) is 42.5 Å². The molecule has 2 N–H and O–H groups in total. The van der Waals surface area contributed by atoms with Crippen LogP contribution in [0.5, 0.6) is 11.5 Å². The van der Waals surface area contributed by atoms with Crippen LogP contribution in [0.25, 0.3) is 10.6 Å². The third-order valence-corrected chi connectivity index (χ3v) is 6.68. The number of aromatic nitrogens is 2. The molecule has 1 aliphatic heterocycles. The van der Waals surface area contributed by atoms with Crippen molar-refractivity contribution in [2.24, 2.45) is 5.41 Å². The van der Waals surface area contributed by atoms with Crippen molar-refractivity contribution in [1.82, 2.24) is 15.5 Å². The molecule has 172 valence electrons. The number of benzene rings is 2. The van der Waals surface area contributed by atoms with Gasteiger partial charge in [0.05, 0.1) is 5.41 Å². The van der Waals surface area contributed by atoms with Gasteiger partial charge >= 0.3 is 0 Å². The number of carbonyl (C=O) groups excluding carboxylic acids is 2. The number of nitrogens with zero attached hydrogens (tertiary/aromatic N) is 2. The Morgan fingerprint density at radius 1 is 1.12 bits per heavy atom. The van der Waals surface area contributed by atoms with E-state index in [1.165, 1.54) is 11.3 Å². The number of nitrogens with one attached hydrogen (secondary N) is 2. The number of carbonyl (C=O) groups is 2. The Bertz CT molecular complexity index is 1150. The molecule has 1 aliphatic rings. The maximum atomic E-state index is 13.1. The van der Waals surface area contributed by atoms with Crippen LogP contribution >= 0.6 is 22.9 Å². The number of anilines is 1. The van der Waals surface area contributed by atoms with E-state index in [4.69, 9.17) is 21.1 Å². The lowest BCUT2D eigenvalue weighted by atomic mass is 9.94. The van der Waals surface area contributed by atoms with Crippen molar-refractivity contribution in [2.45, 2.75) is 26.3 Å². The summed E-state index contributed by atoms with van der Waals surface area (Å²) < 4.78 is 10.7. The summed E-state index contributed by atoms with van der Waals surface area (Å²) in [5.41, 5.74) is 0.904. The molecule has 0 saturated heterocycles. The van der Waals surface area contributed by atoms with Gasteiger partial charge in [-0.2, -0.15) is 0 Å². The number of fused-ring (bicyclic) bond motifs is 1. The van der Waals surface area contributed by atoms with Crippen LogP contribution in [0.3, 0.4) is 0 Å². The van der Waals surface area contributed by atoms with Crippen LogP contribution in [0.1, 0.15) is 19.4 Å². The van der Waals surface area contributed by atoms with Gasteiger partial charge in [-0.3, -0.25) is 14.9 Å². The molecular weight excluding hydrogens is 464 g/mol. The molecule has 0 radical (unpaired) electrons. The fourth-order valence-electron chi connectivity index (χ4n) is 3.09. The Hall–Kier alpha value is -3.17. The Morgan fingerprint density at radius 3 is 2.64 bits per heavy atom. The zero-order valence-corrected chi connectivity index (χ0v) is 19.7. The molecule has 1 aromatic heterocycles. The maximum absolute atomic E-state index is 13.1. The van der Waals surface area contributed by atoms with E-state index in [0.29, 0.717) is 28.1 Å². The van der Waals surface area contributed by atoms with Gasteiger partial charge in [0.25, 0.3) is 0 Å². The summed E-state index contributed by atoms with van der Waals surface area (Å²) in [6.07, 6.45) is 0.324. The number of hydrogen-bond donors (Lipinski definition) is 2. The molecule has 2 amide bonds. The first kappa shape index (κ1) is 23.0. The van der Waals surface area contributed by atoms with E-state index in [2.05, 4.69) is 20.8 Å². The Labute approximate surface area is 200 Å². The summed E-state index contributed by atoms with van der Waals surface area (Å²) in [7, 11) is 0. The summed E-state index contributed by atoms with van der Waals surface area (Å²) in [4.78, 5) is 25.8. The fourth-order valence-corrected chi connectivity index (χ4v) is 3.95. The monoisotopic (exact) mass is 486 g/mol. The molecule has 0 aliphatic carbocycles.